The van der Waals surface area contributed by atoms with Crippen LogP contribution in [0.4, 0.5) is 0 Å². The van der Waals surface area contributed by atoms with E-state index in [1.54, 1.807) is 16.0 Å². The molecule has 162 valence electrons. The van der Waals surface area contributed by atoms with E-state index in [4.69, 9.17) is 16.7 Å². The molecular weight excluding hydrogens is 440 g/mol. The highest BCUT2D eigenvalue weighted by atomic mass is 35.5. The van der Waals surface area contributed by atoms with E-state index >= 15 is 0 Å². The highest BCUT2D eigenvalue weighted by Gasteiger charge is 2.26. The normalized spacial score (nSPS) is 14.6. The zero-order valence-corrected chi connectivity index (χ0v) is 19.1. The fraction of sp³-hybridized carbons (Fsp3) is 0.200. The van der Waals surface area contributed by atoms with E-state index in [1.165, 1.54) is 5.56 Å². The number of piperazine rings is 1. The van der Waals surface area contributed by atoms with Crippen molar-refractivity contribution in [3.8, 4) is 16.3 Å². The van der Waals surface area contributed by atoms with Crippen LogP contribution in [0.2, 0.25) is 5.02 Å². The minimum absolute atomic E-state index is 0.000331. The van der Waals surface area contributed by atoms with Gasteiger partial charge in [-0.05, 0) is 41.3 Å². The molecule has 0 aliphatic carbocycles. The van der Waals surface area contributed by atoms with Crippen LogP contribution >= 0.6 is 22.9 Å². The molecule has 2 aromatic carbocycles. The quantitative estimate of drug-likeness (QED) is 0.408. The van der Waals surface area contributed by atoms with E-state index in [0.29, 0.717) is 23.8 Å². The number of aromatic nitrogens is 2. The Kier molecular flexibility index (Phi) is 6.08. The largest absolute Gasteiger partial charge is 0.335 e. The second kappa shape index (κ2) is 9.28. The van der Waals surface area contributed by atoms with Crippen molar-refractivity contribution in [3.63, 3.8) is 0 Å². The van der Waals surface area contributed by atoms with Crippen molar-refractivity contribution < 1.29 is 4.79 Å². The van der Waals surface area contributed by atoms with E-state index in [2.05, 4.69) is 29.2 Å². The monoisotopic (exact) mass is 462 g/mol. The zero-order chi connectivity index (χ0) is 21.9. The lowest BCUT2D eigenvalue weighted by atomic mass is 10.2. The Balaban J connectivity index is 1.37. The Hall–Kier alpha value is -2.93. The lowest BCUT2D eigenvalue weighted by molar-refractivity contribution is 0.0619. The molecule has 32 heavy (non-hydrogen) atoms. The molecule has 1 saturated heterocycles. The molecule has 5 rings (SSSR count). The van der Waals surface area contributed by atoms with Crippen LogP contribution in [-0.2, 0) is 6.54 Å². The molecule has 3 heterocycles. The molecule has 5 nitrogen and oxygen atoms in total. The van der Waals surface area contributed by atoms with Crippen LogP contribution in [0, 0.1) is 0 Å². The van der Waals surface area contributed by atoms with Crippen LogP contribution in [0.5, 0.6) is 0 Å². The fourth-order valence-corrected chi connectivity index (χ4v) is 4.86. The molecule has 0 spiro atoms. The minimum Gasteiger partial charge on any atom is -0.335 e. The molecule has 0 atom stereocenters. The van der Waals surface area contributed by atoms with Crippen molar-refractivity contribution in [1.29, 1.82) is 0 Å². The van der Waals surface area contributed by atoms with Gasteiger partial charge in [-0.15, -0.1) is 11.3 Å². The third kappa shape index (κ3) is 4.48. The van der Waals surface area contributed by atoms with Gasteiger partial charge < -0.3 is 4.90 Å². The average molecular weight is 463 g/mol. The number of rotatable bonds is 5. The van der Waals surface area contributed by atoms with E-state index in [0.717, 1.165) is 35.9 Å². The van der Waals surface area contributed by atoms with Gasteiger partial charge in [-0.1, -0.05) is 54.1 Å². The standard InChI is InChI=1S/C25H23ClN4OS/c26-20-8-4-9-21(16-20)30-23(17-22(27-30)24-10-5-15-32-24)25(31)29-13-11-28(12-14-29)18-19-6-2-1-3-7-19/h1-10,15-17H,11-14,18H2. The summed E-state index contributed by atoms with van der Waals surface area (Å²) < 4.78 is 1.72. The van der Waals surface area contributed by atoms with Crippen molar-refractivity contribution in [2.45, 2.75) is 6.54 Å². The van der Waals surface area contributed by atoms with Crippen LogP contribution in [0.15, 0.2) is 78.2 Å². The summed E-state index contributed by atoms with van der Waals surface area (Å²) in [7, 11) is 0. The number of hydrogen-bond acceptors (Lipinski definition) is 4. The van der Waals surface area contributed by atoms with Crippen LogP contribution < -0.4 is 0 Å². The van der Waals surface area contributed by atoms with Gasteiger partial charge in [0.2, 0.25) is 0 Å². The van der Waals surface area contributed by atoms with Gasteiger partial charge in [-0.3, -0.25) is 9.69 Å². The summed E-state index contributed by atoms with van der Waals surface area (Å²) in [5, 5.41) is 7.39. The van der Waals surface area contributed by atoms with Gasteiger partial charge in [0.15, 0.2) is 0 Å². The molecule has 1 amide bonds. The summed E-state index contributed by atoms with van der Waals surface area (Å²) in [5.41, 5.74) is 3.44. The van der Waals surface area contributed by atoms with E-state index in [9.17, 15) is 4.79 Å². The number of amides is 1. The maximum atomic E-state index is 13.5. The number of nitrogens with zero attached hydrogens (tertiary/aromatic N) is 4. The predicted molar refractivity (Wildman–Crippen MR) is 130 cm³/mol. The van der Waals surface area contributed by atoms with Crippen molar-refractivity contribution in [2.75, 3.05) is 26.2 Å². The molecule has 1 aliphatic heterocycles. The topological polar surface area (TPSA) is 41.4 Å². The van der Waals surface area contributed by atoms with Gasteiger partial charge >= 0.3 is 0 Å². The third-order valence-corrected chi connectivity index (χ3v) is 6.79. The molecule has 2 aromatic heterocycles. The molecule has 0 unspecified atom stereocenters. The highest BCUT2D eigenvalue weighted by molar-refractivity contribution is 7.13. The van der Waals surface area contributed by atoms with Crippen LogP contribution in [0.1, 0.15) is 16.1 Å². The van der Waals surface area contributed by atoms with Gasteiger partial charge in [0, 0.05) is 37.7 Å². The van der Waals surface area contributed by atoms with Gasteiger partial charge in [0.05, 0.1) is 10.6 Å². The zero-order valence-electron chi connectivity index (χ0n) is 17.5. The Morgan fingerprint density at radius 2 is 1.75 bits per heavy atom. The fourth-order valence-electron chi connectivity index (χ4n) is 4.00. The van der Waals surface area contributed by atoms with Crippen LogP contribution in [0.3, 0.4) is 0 Å². The second-order valence-corrected chi connectivity index (χ2v) is 9.22. The minimum atomic E-state index is -0.000331. The van der Waals surface area contributed by atoms with Crippen molar-refractivity contribution in [2.24, 2.45) is 0 Å². The number of carbonyl (C=O) groups excluding carboxylic acids is 1. The number of thiophene rings is 1. The smallest absolute Gasteiger partial charge is 0.272 e. The lowest BCUT2D eigenvalue weighted by Gasteiger charge is -2.34. The second-order valence-electron chi connectivity index (χ2n) is 7.84. The average Bonchev–Trinajstić information content (AvgIpc) is 3.50. The van der Waals surface area contributed by atoms with Gasteiger partial charge in [-0.25, -0.2) is 4.68 Å². The van der Waals surface area contributed by atoms with E-state index in [1.807, 2.05) is 58.8 Å². The Morgan fingerprint density at radius 3 is 2.47 bits per heavy atom. The molecule has 0 bridgehead atoms. The van der Waals surface area contributed by atoms with Crippen LogP contribution in [0.25, 0.3) is 16.3 Å². The number of benzene rings is 2. The highest BCUT2D eigenvalue weighted by Crippen LogP contribution is 2.27. The molecule has 4 aromatic rings. The first kappa shape index (κ1) is 20.9. The first-order valence-electron chi connectivity index (χ1n) is 10.6. The van der Waals surface area contributed by atoms with Gasteiger partial charge in [0.1, 0.15) is 11.4 Å². The SMILES string of the molecule is O=C(c1cc(-c2cccs2)nn1-c1cccc(Cl)c1)N1CCN(Cc2ccccc2)CC1. The van der Waals surface area contributed by atoms with Crippen molar-refractivity contribution in [1.82, 2.24) is 19.6 Å². The van der Waals surface area contributed by atoms with Gasteiger partial charge in [-0.2, -0.15) is 5.10 Å². The predicted octanol–water partition coefficient (Wildman–Crippen LogP) is 5.21. The Bertz CT molecular complexity index is 1200. The lowest BCUT2D eigenvalue weighted by Crippen LogP contribution is -2.48. The number of halogens is 1. The summed E-state index contributed by atoms with van der Waals surface area (Å²) >= 11 is 7.84. The first-order valence-corrected chi connectivity index (χ1v) is 11.9. The first-order chi connectivity index (χ1) is 15.7. The summed E-state index contributed by atoms with van der Waals surface area (Å²) in [6.07, 6.45) is 0. The summed E-state index contributed by atoms with van der Waals surface area (Å²) in [5.74, 6) is -0.000331. The maximum Gasteiger partial charge on any atom is 0.272 e. The molecule has 7 heteroatoms. The molecule has 1 fully saturated rings. The Labute approximate surface area is 196 Å². The van der Waals surface area contributed by atoms with E-state index in [-0.39, 0.29) is 5.91 Å². The molecule has 0 saturated carbocycles. The van der Waals surface area contributed by atoms with Crippen molar-refractivity contribution >= 4 is 28.8 Å². The molecule has 0 radical (unpaired) electrons. The van der Waals surface area contributed by atoms with Gasteiger partial charge in [0.25, 0.3) is 5.91 Å². The maximum absolute atomic E-state index is 13.5. The summed E-state index contributed by atoms with van der Waals surface area (Å²) in [6.45, 7) is 4.00. The number of carbonyl (C=O) groups is 1. The third-order valence-electron chi connectivity index (χ3n) is 5.66. The molecule has 0 N–H and O–H groups in total. The number of hydrogen-bond donors (Lipinski definition) is 0. The summed E-state index contributed by atoms with van der Waals surface area (Å²) in [6, 6.07) is 23.8. The van der Waals surface area contributed by atoms with E-state index < -0.39 is 0 Å². The molecular formula is C25H23ClN4OS. The van der Waals surface area contributed by atoms with Crippen LogP contribution in [-0.4, -0.2) is 51.7 Å². The summed E-state index contributed by atoms with van der Waals surface area (Å²) in [4.78, 5) is 18.9. The van der Waals surface area contributed by atoms with Crippen molar-refractivity contribution in [3.05, 3.63) is 94.5 Å². The molecule has 1 aliphatic rings. The Morgan fingerprint density at radius 1 is 0.938 bits per heavy atom.